The van der Waals surface area contributed by atoms with Crippen molar-refractivity contribution in [1.29, 1.82) is 0 Å². The Balaban J connectivity index is 3.19. The number of rotatable bonds is 5. The average Bonchev–Trinajstić information content (AvgIpc) is 1.91. The zero-order valence-corrected chi connectivity index (χ0v) is 5.08. The Hall–Kier alpha value is -0.255. The molecule has 52 valence electrons. The molecule has 0 heterocycles. The van der Waals surface area contributed by atoms with E-state index in [1.165, 1.54) is 0 Å². The second kappa shape index (κ2) is 5.87. The monoisotopic (exact) mass is 131 g/mol. The van der Waals surface area contributed by atoms with Crippen molar-refractivity contribution >= 4 is 7.15 Å². The maximum atomic E-state index is 9.72. The zero-order valence-electron chi connectivity index (χ0n) is 5.08. The van der Waals surface area contributed by atoms with Gasteiger partial charge in [0.25, 0.3) is 0 Å². The topological polar surface area (TPSA) is 69.6 Å². The van der Waals surface area contributed by atoms with E-state index >= 15 is 0 Å². The molecule has 0 spiro atoms. The summed E-state index contributed by atoms with van der Waals surface area (Å²) >= 11 is 0. The summed E-state index contributed by atoms with van der Waals surface area (Å²) < 4.78 is 9.72. The van der Waals surface area contributed by atoms with Gasteiger partial charge in [-0.25, -0.2) is 0 Å². The second-order valence-corrected chi connectivity index (χ2v) is 1.64. The summed E-state index contributed by atoms with van der Waals surface area (Å²) in [7, 11) is 0.679. The van der Waals surface area contributed by atoms with Crippen LogP contribution in [0, 0.1) is 0 Å². The summed E-state index contributed by atoms with van der Waals surface area (Å²) in [6, 6.07) is -0.366. The zero-order chi connectivity index (χ0) is 7.11. The van der Waals surface area contributed by atoms with Crippen LogP contribution >= 0.6 is 0 Å². The van der Waals surface area contributed by atoms with E-state index in [9.17, 15) is 4.70 Å². The molecule has 0 aromatic heterocycles. The normalized spacial score (nSPS) is 9.67. The molecule has 0 atom stereocenters. The molecule has 4 nitrogen and oxygen atoms in total. The van der Waals surface area contributed by atoms with E-state index in [1.54, 1.807) is 0 Å². The van der Waals surface area contributed by atoms with E-state index in [2.05, 4.69) is 5.32 Å². The van der Waals surface area contributed by atoms with Gasteiger partial charge in [0.05, 0.1) is 0 Å². The molecule has 5 heteroatoms. The number of hydrogen-bond donors (Lipinski definition) is 3. The van der Waals surface area contributed by atoms with E-state index in [4.69, 9.17) is 10.2 Å². The van der Waals surface area contributed by atoms with E-state index in [0.29, 0.717) is 7.15 Å². The van der Waals surface area contributed by atoms with Crippen molar-refractivity contribution in [3.05, 3.63) is 0 Å². The van der Waals surface area contributed by atoms with Crippen LogP contribution in [0.3, 0.4) is 0 Å². The van der Waals surface area contributed by atoms with Gasteiger partial charge >= 0.3 is 53.1 Å². The first kappa shape index (κ1) is 8.74. The van der Waals surface area contributed by atoms with Crippen molar-refractivity contribution in [3.8, 4) is 0 Å². The predicted octanol–water partition coefficient (Wildman–Crippen LogP) is -2.06. The molecular weight excluding hydrogens is 121 g/mol. The molecule has 0 aromatic rings. The van der Waals surface area contributed by atoms with Crippen LogP contribution in [0.2, 0.25) is 0 Å². The van der Waals surface area contributed by atoms with Crippen molar-refractivity contribution in [2.24, 2.45) is 0 Å². The molecule has 0 saturated carbocycles. The summed E-state index contributed by atoms with van der Waals surface area (Å²) in [6.07, 6.45) is 0.172. The van der Waals surface area contributed by atoms with Crippen molar-refractivity contribution < 1.29 is 14.9 Å². The van der Waals surface area contributed by atoms with Crippen LogP contribution in [-0.2, 0) is 4.70 Å². The van der Waals surface area contributed by atoms with Gasteiger partial charge in [0.1, 0.15) is 0 Å². The van der Waals surface area contributed by atoms with Crippen LogP contribution in [0.4, 0.5) is 0 Å². The minimum absolute atomic E-state index is 0.148. The van der Waals surface area contributed by atoms with E-state index in [-0.39, 0.29) is 25.7 Å². The molecule has 9 heavy (non-hydrogen) atoms. The standard InChI is InChI=1S/C4H10BNO3/c7-1-4(2-8)6-3-5-9/h4,6-8H,1-3H2. The van der Waals surface area contributed by atoms with Gasteiger partial charge in [-0.1, -0.05) is 0 Å². The van der Waals surface area contributed by atoms with Crippen LogP contribution < -0.4 is 5.32 Å². The molecule has 3 N–H and O–H groups in total. The van der Waals surface area contributed by atoms with Gasteiger partial charge in [-0.3, -0.25) is 0 Å². The van der Waals surface area contributed by atoms with Crippen molar-refractivity contribution in [2.75, 3.05) is 19.7 Å². The first-order chi connectivity index (χ1) is 4.35. The third kappa shape index (κ3) is 4.26. The number of nitrogens with one attached hydrogen (secondary N) is 1. The fourth-order valence-electron chi connectivity index (χ4n) is 0.402. The molecule has 0 amide bonds. The summed E-state index contributed by atoms with van der Waals surface area (Å²) in [5.74, 6) is 0. The van der Waals surface area contributed by atoms with E-state index in [1.807, 2.05) is 0 Å². The predicted molar refractivity (Wildman–Crippen MR) is 32.4 cm³/mol. The molecule has 0 aromatic carbocycles. The van der Waals surface area contributed by atoms with Crippen LogP contribution in [0.25, 0.3) is 0 Å². The summed E-state index contributed by atoms with van der Waals surface area (Å²) in [5, 5.41) is 19.4. The van der Waals surface area contributed by atoms with Gasteiger partial charge in [-0.15, -0.1) is 0 Å². The third-order valence-corrected chi connectivity index (χ3v) is 0.931. The molecule has 0 aliphatic carbocycles. The Morgan fingerprint density at radius 1 is 1.44 bits per heavy atom. The first-order valence-electron chi connectivity index (χ1n) is 2.74. The van der Waals surface area contributed by atoms with Crippen molar-refractivity contribution in [1.82, 2.24) is 5.32 Å². The Morgan fingerprint density at radius 3 is 2.33 bits per heavy atom. The van der Waals surface area contributed by atoms with Gasteiger partial charge < -0.3 is 0 Å². The molecule has 0 aliphatic rings. The van der Waals surface area contributed by atoms with Gasteiger partial charge in [-0.2, -0.15) is 0 Å². The molecular formula is C4H10BNO3. The molecule has 0 fully saturated rings. The average molecular weight is 131 g/mol. The van der Waals surface area contributed by atoms with Crippen LogP contribution in [0.15, 0.2) is 0 Å². The summed E-state index contributed by atoms with van der Waals surface area (Å²) in [5.41, 5.74) is 0. The molecule has 0 saturated heterocycles. The van der Waals surface area contributed by atoms with Gasteiger partial charge in [-0.05, 0) is 0 Å². The first-order valence-corrected chi connectivity index (χ1v) is 2.74. The quantitative estimate of drug-likeness (QED) is 0.375. The second-order valence-electron chi connectivity index (χ2n) is 1.64. The van der Waals surface area contributed by atoms with Crippen molar-refractivity contribution in [2.45, 2.75) is 6.04 Å². The molecule has 0 radical (unpaired) electrons. The molecule has 0 unspecified atom stereocenters. The van der Waals surface area contributed by atoms with Crippen molar-refractivity contribution in [3.63, 3.8) is 0 Å². The maximum absolute atomic E-state index is 9.72. The Bertz CT molecular complexity index is 76.2. The fraction of sp³-hybridized carbons (Fsp3) is 1.00. The minimum atomic E-state index is -0.366. The number of hydrogen-bond acceptors (Lipinski definition) is 4. The van der Waals surface area contributed by atoms with E-state index in [0.717, 1.165) is 0 Å². The molecule has 0 bridgehead atoms. The molecule has 0 aliphatic heterocycles. The number of aliphatic hydroxyl groups is 2. The summed E-state index contributed by atoms with van der Waals surface area (Å²) in [6.45, 7) is -0.297. The molecule has 0 rings (SSSR count). The van der Waals surface area contributed by atoms with Gasteiger partial charge in [0, 0.05) is 0 Å². The fourth-order valence-corrected chi connectivity index (χ4v) is 0.402. The van der Waals surface area contributed by atoms with Gasteiger partial charge in [0.15, 0.2) is 0 Å². The van der Waals surface area contributed by atoms with Gasteiger partial charge in [0.2, 0.25) is 0 Å². The van der Waals surface area contributed by atoms with E-state index < -0.39 is 0 Å². The van der Waals surface area contributed by atoms with Crippen LogP contribution in [0.5, 0.6) is 0 Å². The third-order valence-electron chi connectivity index (χ3n) is 0.931. The van der Waals surface area contributed by atoms with Crippen LogP contribution in [-0.4, -0.2) is 43.1 Å². The summed E-state index contributed by atoms with van der Waals surface area (Å²) in [4.78, 5) is 0. The number of aliphatic hydroxyl groups excluding tert-OH is 2. The SMILES string of the molecule is O=BCNC(CO)CO. The Labute approximate surface area is 54.1 Å². The Kier molecular flexibility index (Phi) is 5.71. The Morgan fingerprint density at radius 2 is 2.00 bits per heavy atom. The van der Waals surface area contributed by atoms with Crippen LogP contribution in [0.1, 0.15) is 0 Å².